The maximum atomic E-state index is 5.19. The van der Waals surface area contributed by atoms with Crippen LogP contribution in [-0.4, -0.2) is 53.3 Å². The second-order valence-corrected chi connectivity index (χ2v) is 7.47. The fourth-order valence-electron chi connectivity index (χ4n) is 3.62. The first-order valence-corrected chi connectivity index (χ1v) is 9.60. The van der Waals surface area contributed by atoms with Crippen LogP contribution >= 0.6 is 0 Å². The summed E-state index contributed by atoms with van der Waals surface area (Å²) in [6.07, 6.45) is 2.52. The monoisotopic (exact) mass is 370 g/mol. The van der Waals surface area contributed by atoms with Crippen molar-refractivity contribution in [2.45, 2.75) is 33.2 Å². The van der Waals surface area contributed by atoms with Crippen molar-refractivity contribution in [3.05, 3.63) is 30.1 Å². The first-order valence-electron chi connectivity index (χ1n) is 9.60. The van der Waals surface area contributed by atoms with Crippen LogP contribution in [0.25, 0.3) is 11.4 Å². The van der Waals surface area contributed by atoms with Gasteiger partial charge in [-0.25, -0.2) is 4.98 Å². The van der Waals surface area contributed by atoms with Gasteiger partial charge in [0.15, 0.2) is 11.8 Å². The number of ether oxygens (including phenoxy) is 1. The van der Waals surface area contributed by atoms with Crippen molar-refractivity contribution in [2.75, 3.05) is 27.2 Å². The number of methoxy groups -OCH3 is 1. The highest BCUT2D eigenvalue weighted by atomic mass is 16.5. The van der Waals surface area contributed by atoms with E-state index in [0.29, 0.717) is 12.4 Å². The third kappa shape index (κ3) is 4.99. The summed E-state index contributed by atoms with van der Waals surface area (Å²) in [5.74, 6) is 4.73. The molecule has 2 aromatic rings. The van der Waals surface area contributed by atoms with Crippen molar-refractivity contribution in [1.82, 2.24) is 25.4 Å². The van der Waals surface area contributed by atoms with E-state index in [-0.39, 0.29) is 0 Å². The molecule has 0 radical (unpaired) electrons. The molecular weight excluding hydrogens is 340 g/mol. The maximum absolute atomic E-state index is 5.19. The minimum Gasteiger partial charge on any atom is -0.497 e. The molecule has 3 rings (SSSR count). The Kier molecular flexibility index (Phi) is 6.32. The molecule has 7 nitrogen and oxygen atoms in total. The molecule has 0 saturated carbocycles. The Hall–Kier alpha value is -2.57. The highest BCUT2D eigenvalue weighted by Crippen LogP contribution is 2.23. The van der Waals surface area contributed by atoms with Gasteiger partial charge in [0.1, 0.15) is 11.6 Å². The molecule has 1 atom stereocenters. The molecule has 27 heavy (non-hydrogen) atoms. The number of benzene rings is 1. The second kappa shape index (κ2) is 8.88. The molecule has 0 spiro atoms. The Balaban J connectivity index is 1.55. The van der Waals surface area contributed by atoms with Crippen molar-refractivity contribution in [2.24, 2.45) is 16.8 Å². The Morgan fingerprint density at radius 2 is 2.15 bits per heavy atom. The lowest BCUT2D eigenvalue weighted by Crippen LogP contribution is -2.39. The van der Waals surface area contributed by atoms with Crippen LogP contribution in [0.1, 0.15) is 32.5 Å². The summed E-state index contributed by atoms with van der Waals surface area (Å²) < 4.78 is 5.19. The van der Waals surface area contributed by atoms with E-state index in [4.69, 9.17) is 4.74 Å². The molecule has 146 valence electrons. The van der Waals surface area contributed by atoms with Crippen molar-refractivity contribution >= 4 is 5.96 Å². The number of hydrogen-bond donors (Lipinski definition) is 2. The van der Waals surface area contributed by atoms with Gasteiger partial charge in [0, 0.05) is 25.7 Å². The Morgan fingerprint density at radius 1 is 1.37 bits per heavy atom. The molecular formula is C20H30N6O. The maximum Gasteiger partial charge on any atom is 0.194 e. The molecule has 1 unspecified atom stereocenters. The van der Waals surface area contributed by atoms with Gasteiger partial charge in [-0.15, -0.1) is 0 Å². The second-order valence-electron chi connectivity index (χ2n) is 7.47. The number of hydrogen-bond acceptors (Lipinski definition) is 4. The van der Waals surface area contributed by atoms with E-state index in [1.54, 1.807) is 7.11 Å². The zero-order valence-corrected chi connectivity index (χ0v) is 16.7. The highest BCUT2D eigenvalue weighted by molar-refractivity contribution is 5.80. The van der Waals surface area contributed by atoms with Crippen molar-refractivity contribution in [3.63, 3.8) is 0 Å². The number of aromatic amines is 1. The summed E-state index contributed by atoms with van der Waals surface area (Å²) >= 11 is 0. The Bertz CT molecular complexity index is 752. The van der Waals surface area contributed by atoms with Gasteiger partial charge >= 0.3 is 0 Å². The predicted molar refractivity (Wildman–Crippen MR) is 108 cm³/mol. The summed E-state index contributed by atoms with van der Waals surface area (Å²) in [5.41, 5.74) is 0.957. The number of nitrogens with one attached hydrogen (secondary N) is 2. The summed E-state index contributed by atoms with van der Waals surface area (Å²) in [5, 5.41) is 10.7. The zero-order chi connectivity index (χ0) is 19.2. The van der Waals surface area contributed by atoms with E-state index in [1.165, 1.54) is 12.8 Å². The topological polar surface area (TPSA) is 78.4 Å². The number of likely N-dealkylation sites (tertiary alicyclic amines) is 1. The third-order valence-corrected chi connectivity index (χ3v) is 4.90. The standard InChI is InChI=1S/C20H30N6O/c1-14(2)11-15-9-10-26(13-15)20(21-3)22-12-18-23-19(25-24-18)16-5-7-17(27-4)8-6-16/h5-8,14-15H,9-13H2,1-4H3,(H,21,22)(H,23,24,25). The molecule has 0 aliphatic carbocycles. The van der Waals surface area contributed by atoms with E-state index in [1.807, 2.05) is 31.3 Å². The quantitative estimate of drug-likeness (QED) is 0.604. The van der Waals surface area contributed by atoms with Gasteiger partial charge in [0.2, 0.25) is 0 Å². The summed E-state index contributed by atoms with van der Waals surface area (Å²) in [6.45, 7) is 7.29. The lowest BCUT2D eigenvalue weighted by molar-refractivity contribution is 0.403. The van der Waals surface area contributed by atoms with Crippen molar-refractivity contribution < 1.29 is 4.74 Å². The first kappa shape index (κ1) is 19.2. The third-order valence-electron chi connectivity index (χ3n) is 4.90. The summed E-state index contributed by atoms with van der Waals surface area (Å²) in [6, 6.07) is 7.73. The predicted octanol–water partition coefficient (Wildman–Crippen LogP) is 2.92. The molecule has 2 heterocycles. The number of H-pyrrole nitrogens is 1. The lowest BCUT2D eigenvalue weighted by atomic mass is 9.97. The van der Waals surface area contributed by atoms with Gasteiger partial charge in [-0.05, 0) is 48.9 Å². The van der Waals surface area contributed by atoms with Crippen molar-refractivity contribution in [3.8, 4) is 17.1 Å². The Morgan fingerprint density at radius 3 is 2.81 bits per heavy atom. The van der Waals surface area contributed by atoms with Gasteiger partial charge in [-0.1, -0.05) is 13.8 Å². The fraction of sp³-hybridized carbons (Fsp3) is 0.550. The van der Waals surface area contributed by atoms with Gasteiger partial charge < -0.3 is 15.0 Å². The van der Waals surface area contributed by atoms with Crippen LogP contribution in [0.2, 0.25) is 0 Å². The molecule has 7 heteroatoms. The van der Waals surface area contributed by atoms with Gasteiger partial charge in [-0.3, -0.25) is 10.1 Å². The number of aromatic nitrogens is 3. The lowest BCUT2D eigenvalue weighted by Gasteiger charge is -2.21. The normalized spacial score (nSPS) is 17.6. The molecule has 1 fully saturated rings. The van der Waals surface area contributed by atoms with E-state index in [0.717, 1.165) is 48.0 Å². The van der Waals surface area contributed by atoms with Gasteiger partial charge in [0.05, 0.1) is 13.7 Å². The van der Waals surface area contributed by atoms with Gasteiger partial charge in [0.25, 0.3) is 0 Å². The van der Waals surface area contributed by atoms with Crippen LogP contribution in [0.15, 0.2) is 29.3 Å². The highest BCUT2D eigenvalue weighted by Gasteiger charge is 2.25. The fourth-order valence-corrected chi connectivity index (χ4v) is 3.62. The molecule has 1 aromatic carbocycles. The number of aliphatic imine (C=N–C) groups is 1. The average molecular weight is 371 g/mol. The van der Waals surface area contributed by atoms with E-state index < -0.39 is 0 Å². The number of rotatable bonds is 6. The van der Waals surface area contributed by atoms with Crippen LogP contribution in [0, 0.1) is 11.8 Å². The minimum atomic E-state index is 0.571. The van der Waals surface area contributed by atoms with E-state index >= 15 is 0 Å². The zero-order valence-electron chi connectivity index (χ0n) is 16.7. The van der Waals surface area contributed by atoms with Crippen LogP contribution in [-0.2, 0) is 6.54 Å². The molecule has 1 aliphatic heterocycles. The molecule has 1 saturated heterocycles. The SMILES string of the molecule is CN=C(NCc1nc(-c2ccc(OC)cc2)n[nH]1)N1CCC(CC(C)C)C1. The molecule has 1 aliphatic rings. The van der Waals surface area contributed by atoms with Crippen LogP contribution in [0.4, 0.5) is 0 Å². The smallest absolute Gasteiger partial charge is 0.194 e. The van der Waals surface area contributed by atoms with E-state index in [9.17, 15) is 0 Å². The average Bonchev–Trinajstić information content (AvgIpc) is 3.32. The summed E-state index contributed by atoms with van der Waals surface area (Å²) in [4.78, 5) is 11.4. The number of guanidine groups is 1. The molecule has 0 amide bonds. The van der Waals surface area contributed by atoms with Crippen LogP contribution in [0.5, 0.6) is 5.75 Å². The van der Waals surface area contributed by atoms with Crippen LogP contribution in [0.3, 0.4) is 0 Å². The minimum absolute atomic E-state index is 0.571. The molecule has 1 aromatic heterocycles. The summed E-state index contributed by atoms with van der Waals surface area (Å²) in [7, 11) is 3.49. The van der Waals surface area contributed by atoms with Gasteiger partial charge in [-0.2, -0.15) is 5.10 Å². The first-order chi connectivity index (χ1) is 13.1. The largest absolute Gasteiger partial charge is 0.497 e. The Labute approximate surface area is 161 Å². The van der Waals surface area contributed by atoms with Crippen molar-refractivity contribution in [1.29, 1.82) is 0 Å². The molecule has 0 bridgehead atoms. The van der Waals surface area contributed by atoms with E-state index in [2.05, 4.69) is 44.2 Å². The van der Waals surface area contributed by atoms with Crippen LogP contribution < -0.4 is 10.1 Å². The number of nitrogens with zero attached hydrogens (tertiary/aromatic N) is 4. The molecule has 2 N–H and O–H groups in total.